The molecule has 4 N–H and O–H groups in total. The van der Waals surface area contributed by atoms with E-state index in [4.69, 9.17) is 25.7 Å². The molecule has 230 valence electrons. The Bertz CT molecular complexity index is 1080. The van der Waals surface area contributed by atoms with Gasteiger partial charge in [-0.15, -0.1) is 0 Å². The van der Waals surface area contributed by atoms with Crippen LogP contribution in [-0.2, 0) is 25.5 Å². The van der Waals surface area contributed by atoms with E-state index >= 15 is 0 Å². The predicted octanol–water partition coefficient (Wildman–Crippen LogP) is 7.29. The highest BCUT2D eigenvalue weighted by molar-refractivity contribution is 6.07. The van der Waals surface area contributed by atoms with Crippen LogP contribution in [0.2, 0.25) is 0 Å². The molecule has 41 heavy (non-hydrogen) atoms. The predicted molar refractivity (Wildman–Crippen MR) is 167 cm³/mol. The SMILES string of the molecule is CCCCCCCCCCCCCCCc1c(N)cc(N)c(OC)c1C1C(C(=O)OC)=C(C)N=C(C)C1C(=O)OC. The molecule has 0 aliphatic carbocycles. The highest BCUT2D eigenvalue weighted by atomic mass is 16.5. The molecule has 0 amide bonds. The molecule has 0 aromatic heterocycles. The Morgan fingerprint density at radius 3 is 1.83 bits per heavy atom. The molecular formula is C33H53N3O5. The van der Waals surface area contributed by atoms with Crippen LogP contribution >= 0.6 is 0 Å². The van der Waals surface area contributed by atoms with E-state index in [-0.39, 0.29) is 5.57 Å². The van der Waals surface area contributed by atoms with Gasteiger partial charge in [-0.3, -0.25) is 9.79 Å². The summed E-state index contributed by atoms with van der Waals surface area (Å²) in [5.74, 6) is -2.26. The Kier molecular flexibility index (Phi) is 14.8. The summed E-state index contributed by atoms with van der Waals surface area (Å²) >= 11 is 0. The molecule has 2 rings (SSSR count). The molecule has 8 nitrogen and oxygen atoms in total. The number of nitrogens with two attached hydrogens (primary N) is 2. The number of carbonyl (C=O) groups is 2. The fraction of sp³-hybridized carbons (Fsp3) is 0.667. The number of unbranched alkanes of at least 4 members (excludes halogenated alkanes) is 12. The first kappa shape index (κ1) is 34.2. The molecule has 0 radical (unpaired) electrons. The first-order valence-electron chi connectivity index (χ1n) is 15.4. The fourth-order valence-electron chi connectivity index (χ4n) is 6.08. The number of hydrogen-bond donors (Lipinski definition) is 2. The normalized spacial score (nSPS) is 16.9. The second-order valence-electron chi connectivity index (χ2n) is 11.2. The summed E-state index contributed by atoms with van der Waals surface area (Å²) in [6, 6.07) is 1.70. The minimum Gasteiger partial charge on any atom is -0.494 e. The first-order chi connectivity index (χ1) is 19.7. The van der Waals surface area contributed by atoms with Crippen LogP contribution < -0.4 is 16.2 Å². The van der Waals surface area contributed by atoms with Gasteiger partial charge in [-0.05, 0) is 38.3 Å². The van der Waals surface area contributed by atoms with Crippen molar-refractivity contribution < 1.29 is 23.8 Å². The highest BCUT2D eigenvalue weighted by Gasteiger charge is 2.44. The van der Waals surface area contributed by atoms with Crippen LogP contribution in [0.1, 0.15) is 121 Å². The zero-order chi connectivity index (χ0) is 30.4. The van der Waals surface area contributed by atoms with Gasteiger partial charge in [-0.25, -0.2) is 4.79 Å². The molecule has 0 spiro atoms. The Morgan fingerprint density at radius 2 is 1.34 bits per heavy atom. The number of allylic oxidation sites excluding steroid dienone is 1. The van der Waals surface area contributed by atoms with Crippen molar-refractivity contribution in [2.75, 3.05) is 32.8 Å². The van der Waals surface area contributed by atoms with Crippen LogP contribution in [0.3, 0.4) is 0 Å². The Hall–Kier alpha value is -3.03. The quantitative estimate of drug-likeness (QED) is 0.108. The molecule has 1 aliphatic rings. The number of nitrogens with zero attached hydrogens (tertiary/aromatic N) is 1. The standard InChI is InChI=1S/C33H53N3O5/c1-7-8-9-10-11-12-13-14-15-16-17-18-19-20-24-25(34)21-26(35)31(39-4)29(24)30-27(32(37)40-5)22(2)36-23(3)28(30)33(38)41-6/h21,27,30H,7-20,34-35H2,1-6H3. The number of anilines is 2. The van der Waals surface area contributed by atoms with Crippen molar-refractivity contribution in [3.05, 3.63) is 28.5 Å². The van der Waals surface area contributed by atoms with E-state index in [9.17, 15) is 9.59 Å². The second-order valence-corrected chi connectivity index (χ2v) is 11.2. The van der Waals surface area contributed by atoms with Crippen molar-refractivity contribution in [1.29, 1.82) is 0 Å². The monoisotopic (exact) mass is 571 g/mol. The Balaban J connectivity index is 2.20. The number of rotatable bonds is 18. The molecule has 2 atom stereocenters. The molecule has 1 aliphatic heterocycles. The molecule has 0 saturated carbocycles. The molecule has 1 aromatic carbocycles. The van der Waals surface area contributed by atoms with Gasteiger partial charge in [0.2, 0.25) is 0 Å². The summed E-state index contributed by atoms with van der Waals surface area (Å²) in [5, 5.41) is 0. The van der Waals surface area contributed by atoms with Gasteiger partial charge in [0.1, 0.15) is 11.7 Å². The van der Waals surface area contributed by atoms with Crippen molar-refractivity contribution in [3.8, 4) is 5.75 Å². The maximum absolute atomic E-state index is 13.1. The van der Waals surface area contributed by atoms with Crippen molar-refractivity contribution >= 4 is 29.0 Å². The van der Waals surface area contributed by atoms with E-state index in [0.717, 1.165) is 24.8 Å². The van der Waals surface area contributed by atoms with Gasteiger partial charge in [-0.2, -0.15) is 0 Å². The van der Waals surface area contributed by atoms with Crippen molar-refractivity contribution in [1.82, 2.24) is 0 Å². The number of benzene rings is 1. The van der Waals surface area contributed by atoms with Crippen molar-refractivity contribution in [3.63, 3.8) is 0 Å². The van der Waals surface area contributed by atoms with E-state index in [1.54, 1.807) is 19.9 Å². The van der Waals surface area contributed by atoms with Crippen LogP contribution in [0.4, 0.5) is 11.4 Å². The lowest BCUT2D eigenvalue weighted by atomic mass is 9.73. The third kappa shape index (κ3) is 9.23. The van der Waals surface area contributed by atoms with Crippen molar-refractivity contribution in [2.45, 2.75) is 117 Å². The number of methoxy groups -OCH3 is 3. The summed E-state index contributed by atoms with van der Waals surface area (Å²) in [6.07, 6.45) is 17.1. The molecule has 0 saturated heterocycles. The largest absolute Gasteiger partial charge is 0.494 e. The Morgan fingerprint density at radius 1 is 0.805 bits per heavy atom. The van der Waals surface area contributed by atoms with Gasteiger partial charge in [-0.1, -0.05) is 84.0 Å². The second kappa shape index (κ2) is 17.7. The lowest BCUT2D eigenvalue weighted by molar-refractivity contribution is -0.143. The summed E-state index contributed by atoms with van der Waals surface area (Å²) in [5.41, 5.74) is 16.6. The van der Waals surface area contributed by atoms with E-state index in [2.05, 4.69) is 11.9 Å². The maximum Gasteiger partial charge on any atom is 0.336 e. The fourth-order valence-corrected chi connectivity index (χ4v) is 6.08. The third-order valence-electron chi connectivity index (χ3n) is 8.23. The van der Waals surface area contributed by atoms with Gasteiger partial charge in [0.15, 0.2) is 0 Å². The average Bonchev–Trinajstić information content (AvgIpc) is 2.95. The minimum absolute atomic E-state index is 0.281. The average molecular weight is 572 g/mol. The topological polar surface area (TPSA) is 126 Å². The number of nitrogen functional groups attached to an aromatic ring is 2. The third-order valence-corrected chi connectivity index (χ3v) is 8.23. The van der Waals surface area contributed by atoms with Crippen LogP contribution in [0.25, 0.3) is 0 Å². The summed E-state index contributed by atoms with van der Waals surface area (Å²) in [6.45, 7) is 5.76. The summed E-state index contributed by atoms with van der Waals surface area (Å²) in [7, 11) is 4.18. The number of ether oxygens (including phenoxy) is 3. The zero-order valence-electron chi connectivity index (χ0n) is 26.3. The molecule has 1 heterocycles. The highest BCUT2D eigenvalue weighted by Crippen LogP contribution is 2.48. The van der Waals surface area contributed by atoms with Crippen LogP contribution in [0, 0.1) is 5.92 Å². The molecule has 2 unspecified atom stereocenters. The molecule has 8 heteroatoms. The molecule has 0 fully saturated rings. The van der Waals surface area contributed by atoms with E-state index in [1.807, 2.05) is 0 Å². The van der Waals surface area contributed by atoms with Crippen LogP contribution in [-0.4, -0.2) is 39.0 Å². The van der Waals surface area contributed by atoms with E-state index < -0.39 is 23.8 Å². The van der Waals surface area contributed by atoms with E-state index in [0.29, 0.717) is 40.5 Å². The smallest absolute Gasteiger partial charge is 0.336 e. The number of carbonyl (C=O) groups excluding carboxylic acids is 2. The molecule has 0 bridgehead atoms. The minimum atomic E-state index is -0.849. The summed E-state index contributed by atoms with van der Waals surface area (Å²) in [4.78, 5) is 30.7. The first-order valence-corrected chi connectivity index (χ1v) is 15.4. The molecule has 1 aromatic rings. The zero-order valence-corrected chi connectivity index (χ0v) is 26.3. The van der Waals surface area contributed by atoms with Crippen LogP contribution in [0.5, 0.6) is 5.75 Å². The maximum atomic E-state index is 13.1. The van der Waals surface area contributed by atoms with Gasteiger partial charge >= 0.3 is 11.9 Å². The van der Waals surface area contributed by atoms with Gasteiger partial charge < -0.3 is 25.7 Å². The van der Waals surface area contributed by atoms with Gasteiger partial charge in [0.05, 0.1) is 32.6 Å². The van der Waals surface area contributed by atoms with Crippen molar-refractivity contribution in [2.24, 2.45) is 10.9 Å². The van der Waals surface area contributed by atoms with E-state index in [1.165, 1.54) is 85.5 Å². The van der Waals surface area contributed by atoms with Crippen LogP contribution in [0.15, 0.2) is 22.3 Å². The number of esters is 2. The lowest BCUT2D eigenvalue weighted by Gasteiger charge is -2.34. The number of aliphatic imine (C=N–C) groups is 1. The number of hydrogen-bond acceptors (Lipinski definition) is 8. The van der Waals surface area contributed by atoms with Gasteiger partial charge in [0, 0.05) is 28.6 Å². The van der Waals surface area contributed by atoms with Gasteiger partial charge in [0.25, 0.3) is 0 Å². The summed E-state index contributed by atoms with van der Waals surface area (Å²) < 4.78 is 16.1. The lowest BCUT2D eigenvalue weighted by Crippen LogP contribution is -2.37. The molecular weight excluding hydrogens is 518 g/mol. The Labute approximate surface area is 247 Å².